The average molecular weight is 258 g/mol. The second kappa shape index (κ2) is 5.34. The SMILES string of the molecule is CNC(=O)c1ccc(Oc2cccc(C)c2N)nn1. The molecule has 0 saturated carbocycles. The monoisotopic (exact) mass is 258 g/mol. The first-order valence-electron chi connectivity index (χ1n) is 5.70. The molecule has 0 bridgehead atoms. The van der Waals surface area contributed by atoms with Crippen LogP contribution in [0.3, 0.4) is 0 Å². The number of nitrogens with two attached hydrogens (primary N) is 1. The lowest BCUT2D eigenvalue weighted by molar-refractivity contribution is 0.0957. The molecule has 6 nitrogen and oxygen atoms in total. The number of rotatable bonds is 3. The zero-order valence-electron chi connectivity index (χ0n) is 10.7. The molecule has 0 saturated heterocycles. The normalized spacial score (nSPS) is 10.0. The van der Waals surface area contributed by atoms with Gasteiger partial charge in [0.25, 0.3) is 5.91 Å². The fraction of sp³-hybridized carbons (Fsp3) is 0.154. The van der Waals surface area contributed by atoms with Gasteiger partial charge in [0, 0.05) is 13.1 Å². The minimum Gasteiger partial charge on any atom is -0.435 e. The fourth-order valence-electron chi connectivity index (χ4n) is 1.48. The number of nitrogens with one attached hydrogen (secondary N) is 1. The van der Waals surface area contributed by atoms with Gasteiger partial charge in [0.2, 0.25) is 5.88 Å². The maximum atomic E-state index is 11.3. The van der Waals surface area contributed by atoms with E-state index in [1.807, 2.05) is 19.1 Å². The summed E-state index contributed by atoms with van der Waals surface area (Å²) >= 11 is 0. The van der Waals surface area contributed by atoms with Crippen LogP contribution in [0.2, 0.25) is 0 Å². The molecule has 0 spiro atoms. The Kier molecular flexibility index (Phi) is 3.61. The van der Waals surface area contributed by atoms with E-state index in [4.69, 9.17) is 10.5 Å². The van der Waals surface area contributed by atoms with Crippen molar-refractivity contribution in [2.24, 2.45) is 0 Å². The van der Waals surface area contributed by atoms with Crippen molar-refractivity contribution in [3.63, 3.8) is 0 Å². The lowest BCUT2D eigenvalue weighted by atomic mass is 10.2. The van der Waals surface area contributed by atoms with E-state index in [1.54, 1.807) is 12.1 Å². The Balaban J connectivity index is 2.20. The van der Waals surface area contributed by atoms with Crippen molar-refractivity contribution in [2.75, 3.05) is 12.8 Å². The van der Waals surface area contributed by atoms with E-state index < -0.39 is 0 Å². The van der Waals surface area contributed by atoms with E-state index in [-0.39, 0.29) is 17.5 Å². The molecule has 1 aromatic heterocycles. The summed E-state index contributed by atoms with van der Waals surface area (Å²) in [6, 6.07) is 8.58. The number of anilines is 1. The number of amides is 1. The van der Waals surface area contributed by atoms with Gasteiger partial charge in [0.05, 0.1) is 5.69 Å². The standard InChI is InChI=1S/C13H14N4O2/c1-8-4-3-5-10(12(8)14)19-11-7-6-9(16-17-11)13(18)15-2/h3-7H,14H2,1-2H3,(H,15,18). The van der Waals surface area contributed by atoms with Crippen molar-refractivity contribution in [1.82, 2.24) is 15.5 Å². The summed E-state index contributed by atoms with van der Waals surface area (Å²) in [4.78, 5) is 11.3. The second-order valence-electron chi connectivity index (χ2n) is 3.92. The largest absolute Gasteiger partial charge is 0.435 e. The number of ether oxygens (including phenoxy) is 1. The second-order valence-corrected chi connectivity index (χ2v) is 3.92. The quantitative estimate of drug-likeness (QED) is 0.814. The Labute approximate surface area is 110 Å². The molecule has 0 aliphatic carbocycles. The predicted molar refractivity (Wildman–Crippen MR) is 71.1 cm³/mol. The van der Waals surface area contributed by atoms with Crippen LogP contribution in [-0.2, 0) is 0 Å². The molecule has 19 heavy (non-hydrogen) atoms. The van der Waals surface area contributed by atoms with E-state index >= 15 is 0 Å². The van der Waals surface area contributed by atoms with Crippen LogP contribution in [0.1, 0.15) is 16.1 Å². The van der Waals surface area contributed by atoms with Gasteiger partial charge in [-0.3, -0.25) is 4.79 Å². The van der Waals surface area contributed by atoms with Gasteiger partial charge in [0.1, 0.15) is 0 Å². The molecule has 0 aliphatic rings. The number of hydrogen-bond donors (Lipinski definition) is 2. The highest BCUT2D eigenvalue weighted by Crippen LogP contribution is 2.28. The Morgan fingerprint density at radius 2 is 2.05 bits per heavy atom. The van der Waals surface area contributed by atoms with E-state index in [0.29, 0.717) is 11.4 Å². The van der Waals surface area contributed by atoms with Crippen molar-refractivity contribution in [3.05, 3.63) is 41.6 Å². The van der Waals surface area contributed by atoms with Crippen molar-refractivity contribution in [3.8, 4) is 11.6 Å². The summed E-state index contributed by atoms with van der Waals surface area (Å²) in [5.41, 5.74) is 7.60. The van der Waals surface area contributed by atoms with Crippen LogP contribution < -0.4 is 15.8 Å². The van der Waals surface area contributed by atoms with Gasteiger partial charge in [0.15, 0.2) is 11.4 Å². The third-order valence-corrected chi connectivity index (χ3v) is 2.60. The van der Waals surface area contributed by atoms with E-state index in [9.17, 15) is 4.79 Å². The third-order valence-electron chi connectivity index (χ3n) is 2.60. The van der Waals surface area contributed by atoms with Crippen LogP contribution in [0.5, 0.6) is 11.6 Å². The van der Waals surface area contributed by atoms with Gasteiger partial charge < -0.3 is 15.8 Å². The van der Waals surface area contributed by atoms with Gasteiger partial charge in [-0.25, -0.2) is 0 Å². The predicted octanol–water partition coefficient (Wildman–Crippen LogP) is 1.52. The zero-order valence-corrected chi connectivity index (χ0v) is 10.7. The molecule has 6 heteroatoms. The third kappa shape index (κ3) is 2.79. The molecule has 0 radical (unpaired) electrons. The molecule has 2 aromatic rings. The molecule has 1 aromatic carbocycles. The number of para-hydroxylation sites is 1. The molecule has 3 N–H and O–H groups in total. The number of aromatic nitrogens is 2. The summed E-state index contributed by atoms with van der Waals surface area (Å²) in [6.45, 7) is 1.89. The van der Waals surface area contributed by atoms with E-state index in [2.05, 4.69) is 15.5 Å². The molecule has 2 rings (SSSR count). The Bertz CT molecular complexity index is 596. The first kappa shape index (κ1) is 12.8. The summed E-state index contributed by atoms with van der Waals surface area (Å²) in [7, 11) is 1.53. The lowest BCUT2D eigenvalue weighted by Gasteiger charge is -2.08. The van der Waals surface area contributed by atoms with Crippen LogP contribution in [0.25, 0.3) is 0 Å². The van der Waals surface area contributed by atoms with Gasteiger partial charge in [-0.15, -0.1) is 10.2 Å². The molecule has 98 valence electrons. The van der Waals surface area contributed by atoms with Crippen molar-refractivity contribution >= 4 is 11.6 Å². The maximum absolute atomic E-state index is 11.3. The van der Waals surface area contributed by atoms with E-state index in [0.717, 1.165) is 5.56 Å². The van der Waals surface area contributed by atoms with Gasteiger partial charge in [-0.1, -0.05) is 12.1 Å². The summed E-state index contributed by atoms with van der Waals surface area (Å²) in [5, 5.41) is 10.1. The van der Waals surface area contributed by atoms with Crippen LogP contribution in [0.4, 0.5) is 5.69 Å². The number of hydrogen-bond acceptors (Lipinski definition) is 5. The molecule has 1 heterocycles. The van der Waals surface area contributed by atoms with Gasteiger partial charge in [-0.05, 0) is 24.6 Å². The zero-order chi connectivity index (χ0) is 13.8. The highest BCUT2D eigenvalue weighted by molar-refractivity contribution is 5.91. The van der Waals surface area contributed by atoms with Crippen LogP contribution in [0.15, 0.2) is 30.3 Å². The van der Waals surface area contributed by atoms with E-state index in [1.165, 1.54) is 13.1 Å². The molecular weight excluding hydrogens is 244 g/mol. The molecule has 0 fully saturated rings. The Morgan fingerprint density at radius 3 is 2.68 bits per heavy atom. The number of carbonyl (C=O) groups is 1. The minimum absolute atomic E-state index is 0.229. The molecular formula is C13H14N4O2. The van der Waals surface area contributed by atoms with Crippen molar-refractivity contribution in [1.29, 1.82) is 0 Å². The van der Waals surface area contributed by atoms with Crippen LogP contribution in [-0.4, -0.2) is 23.2 Å². The highest BCUT2D eigenvalue weighted by atomic mass is 16.5. The Morgan fingerprint density at radius 1 is 1.26 bits per heavy atom. The first-order valence-corrected chi connectivity index (χ1v) is 5.70. The van der Waals surface area contributed by atoms with Crippen molar-refractivity contribution in [2.45, 2.75) is 6.92 Å². The maximum Gasteiger partial charge on any atom is 0.271 e. The summed E-state index contributed by atoms with van der Waals surface area (Å²) in [6.07, 6.45) is 0. The number of nitrogens with zero attached hydrogens (tertiary/aromatic N) is 2. The average Bonchev–Trinajstić information content (AvgIpc) is 2.44. The number of carbonyl (C=O) groups excluding carboxylic acids is 1. The minimum atomic E-state index is -0.297. The topological polar surface area (TPSA) is 90.1 Å². The first-order chi connectivity index (χ1) is 9.11. The number of nitrogen functional groups attached to an aromatic ring is 1. The van der Waals surface area contributed by atoms with Crippen LogP contribution in [0, 0.1) is 6.92 Å². The molecule has 0 unspecified atom stereocenters. The lowest BCUT2D eigenvalue weighted by Crippen LogP contribution is -2.19. The molecule has 1 amide bonds. The molecule has 0 atom stereocenters. The number of aryl methyl sites for hydroxylation is 1. The van der Waals surface area contributed by atoms with Gasteiger partial charge >= 0.3 is 0 Å². The smallest absolute Gasteiger partial charge is 0.271 e. The van der Waals surface area contributed by atoms with Gasteiger partial charge in [-0.2, -0.15) is 0 Å². The fourth-order valence-corrected chi connectivity index (χ4v) is 1.48. The van der Waals surface area contributed by atoms with Crippen molar-refractivity contribution < 1.29 is 9.53 Å². The molecule has 0 aliphatic heterocycles. The van der Waals surface area contributed by atoms with Crippen LogP contribution >= 0.6 is 0 Å². The number of benzene rings is 1. The summed E-state index contributed by atoms with van der Waals surface area (Å²) in [5.74, 6) is 0.501. The Hall–Kier alpha value is -2.63. The highest BCUT2D eigenvalue weighted by Gasteiger charge is 2.08. The summed E-state index contributed by atoms with van der Waals surface area (Å²) < 4.78 is 5.53.